The van der Waals surface area contributed by atoms with Crippen molar-refractivity contribution in [3.63, 3.8) is 0 Å². The number of carbonyl (C=O) groups is 3. The van der Waals surface area contributed by atoms with Crippen LogP contribution in [0.1, 0.15) is 27.2 Å². The van der Waals surface area contributed by atoms with Crippen LogP contribution in [0, 0.1) is 11.6 Å². The van der Waals surface area contributed by atoms with Crippen LogP contribution in [0.4, 0.5) is 8.78 Å². The molecule has 4 rings (SSSR count). The number of hydrogen-bond acceptors (Lipinski definition) is 6. The van der Waals surface area contributed by atoms with E-state index in [2.05, 4.69) is 5.32 Å². The minimum absolute atomic E-state index is 0.0254. The summed E-state index contributed by atoms with van der Waals surface area (Å²) < 4.78 is 27.1. The number of hydrogen-bond donors (Lipinski definition) is 2. The highest BCUT2D eigenvalue weighted by Crippen LogP contribution is 2.35. The van der Waals surface area contributed by atoms with Gasteiger partial charge in [-0.1, -0.05) is 42.2 Å². The molecule has 1 aromatic heterocycles. The molecule has 0 bridgehead atoms. The van der Waals surface area contributed by atoms with Crippen molar-refractivity contribution in [1.82, 2.24) is 10.2 Å². The van der Waals surface area contributed by atoms with Crippen molar-refractivity contribution in [2.75, 3.05) is 6.54 Å². The van der Waals surface area contributed by atoms with Gasteiger partial charge < -0.3 is 10.4 Å². The summed E-state index contributed by atoms with van der Waals surface area (Å²) in [4.78, 5) is 38.7. The van der Waals surface area contributed by atoms with E-state index in [1.54, 1.807) is 29.7 Å². The second-order valence-electron chi connectivity index (χ2n) is 7.73. The highest BCUT2D eigenvalue weighted by Gasteiger charge is 2.32. The van der Waals surface area contributed by atoms with Crippen LogP contribution in [0.5, 0.6) is 0 Å². The fourth-order valence-corrected chi connectivity index (χ4v) is 5.62. The first kappa shape index (κ1) is 25.7. The third kappa shape index (κ3) is 6.04. The van der Waals surface area contributed by atoms with Crippen molar-refractivity contribution in [1.29, 1.82) is 0 Å². The Labute approximate surface area is 218 Å². The maximum Gasteiger partial charge on any atom is 0.335 e. The normalized spacial score (nSPS) is 14.5. The quantitative estimate of drug-likeness (QED) is 0.296. The molecule has 2 heterocycles. The third-order valence-corrected chi connectivity index (χ3v) is 7.50. The van der Waals surface area contributed by atoms with Gasteiger partial charge in [-0.2, -0.15) is 0 Å². The second-order valence-corrected chi connectivity index (χ2v) is 10.4. The zero-order valence-electron chi connectivity index (χ0n) is 18.5. The molecule has 0 radical (unpaired) electrons. The number of nitrogens with one attached hydrogen (secondary N) is 1. The van der Waals surface area contributed by atoms with Crippen molar-refractivity contribution in [3.8, 4) is 11.1 Å². The molecule has 0 spiro atoms. The van der Waals surface area contributed by atoms with E-state index in [9.17, 15) is 23.2 Å². The van der Waals surface area contributed by atoms with Crippen LogP contribution in [-0.4, -0.2) is 38.7 Å². The molecule has 0 aliphatic carbocycles. The number of carboxylic acid groups (broad SMARTS) is 1. The van der Waals surface area contributed by atoms with Gasteiger partial charge in [0.05, 0.1) is 10.5 Å². The van der Waals surface area contributed by atoms with Gasteiger partial charge in [-0.05, 0) is 58.5 Å². The maximum absolute atomic E-state index is 13.5. The molecule has 36 heavy (non-hydrogen) atoms. The third-order valence-electron chi connectivity index (χ3n) is 5.25. The minimum atomic E-state index is -1.05. The van der Waals surface area contributed by atoms with Gasteiger partial charge >= 0.3 is 5.97 Å². The first-order chi connectivity index (χ1) is 17.2. The van der Waals surface area contributed by atoms with Gasteiger partial charge in [-0.15, -0.1) is 11.3 Å². The molecule has 6 nitrogen and oxygen atoms in total. The molecule has 11 heteroatoms. The predicted octanol–water partition coefficient (Wildman–Crippen LogP) is 5.30. The summed E-state index contributed by atoms with van der Waals surface area (Å²) in [5.74, 6) is -3.51. The lowest BCUT2D eigenvalue weighted by Gasteiger charge is -2.14. The van der Waals surface area contributed by atoms with Crippen LogP contribution in [0.15, 0.2) is 58.8 Å². The largest absolute Gasteiger partial charge is 0.478 e. The fourth-order valence-electron chi connectivity index (χ4n) is 3.39. The van der Waals surface area contributed by atoms with Gasteiger partial charge in [0.1, 0.15) is 4.32 Å². The Bertz CT molecular complexity index is 1400. The summed E-state index contributed by atoms with van der Waals surface area (Å²) in [5, 5.41) is 13.6. The number of carboxylic acids is 1. The summed E-state index contributed by atoms with van der Waals surface area (Å²) in [5.41, 5.74) is 2.01. The van der Waals surface area contributed by atoms with Crippen LogP contribution in [0.2, 0.25) is 0 Å². The molecule has 2 aromatic carbocycles. The standard InChI is InChI=1S/C25H18F2N2O4S3/c26-19-5-4-15(10-20(19)27)17-9-18(35-13-17)11-21-23(31)29(25(34)36-21)7-6-22(30)28-12-14-2-1-3-16(8-14)24(32)33/h1-5,8-11,13H,6-7,12H2,(H,28,30)(H,32,33). The number of aromatic carboxylic acids is 1. The predicted molar refractivity (Wildman–Crippen MR) is 139 cm³/mol. The number of nitrogens with zero attached hydrogens (tertiary/aromatic N) is 1. The summed E-state index contributed by atoms with van der Waals surface area (Å²) in [6, 6.07) is 11.7. The summed E-state index contributed by atoms with van der Waals surface area (Å²) in [6.45, 7) is 0.268. The van der Waals surface area contributed by atoms with E-state index in [1.807, 2.05) is 0 Å². The smallest absolute Gasteiger partial charge is 0.335 e. The monoisotopic (exact) mass is 544 g/mol. The summed E-state index contributed by atoms with van der Waals surface area (Å²) >= 11 is 7.80. The Morgan fingerprint density at radius 2 is 1.89 bits per heavy atom. The first-order valence-corrected chi connectivity index (χ1v) is 12.7. The average Bonchev–Trinajstić information content (AvgIpc) is 3.42. The van der Waals surface area contributed by atoms with Crippen LogP contribution >= 0.6 is 35.3 Å². The Morgan fingerprint density at radius 3 is 2.64 bits per heavy atom. The fraction of sp³-hybridized carbons (Fsp3) is 0.120. The van der Waals surface area contributed by atoms with Gasteiger partial charge in [0.25, 0.3) is 5.91 Å². The van der Waals surface area contributed by atoms with E-state index in [0.717, 1.165) is 28.8 Å². The van der Waals surface area contributed by atoms with Crippen LogP contribution in [0.25, 0.3) is 17.2 Å². The van der Waals surface area contributed by atoms with Crippen molar-refractivity contribution in [2.45, 2.75) is 13.0 Å². The molecule has 184 valence electrons. The van der Waals surface area contributed by atoms with Crippen LogP contribution in [-0.2, 0) is 16.1 Å². The van der Waals surface area contributed by atoms with E-state index in [1.165, 1.54) is 34.4 Å². The Morgan fingerprint density at radius 1 is 1.08 bits per heavy atom. The van der Waals surface area contributed by atoms with Crippen molar-refractivity contribution in [2.24, 2.45) is 0 Å². The lowest BCUT2D eigenvalue weighted by molar-refractivity contribution is -0.123. The number of thiocarbonyl (C=S) groups is 1. The van der Waals surface area contributed by atoms with Crippen molar-refractivity contribution >= 4 is 63.5 Å². The topological polar surface area (TPSA) is 86.7 Å². The van der Waals surface area contributed by atoms with E-state index in [-0.39, 0.29) is 36.9 Å². The van der Waals surface area contributed by atoms with Gasteiger partial charge in [0, 0.05) is 24.4 Å². The molecular formula is C25H18F2N2O4S3. The molecule has 1 saturated heterocycles. The zero-order chi connectivity index (χ0) is 25.8. The molecule has 1 aliphatic heterocycles. The van der Waals surface area contributed by atoms with Crippen molar-refractivity contribution in [3.05, 3.63) is 86.5 Å². The summed E-state index contributed by atoms with van der Waals surface area (Å²) in [6.07, 6.45) is 1.71. The van der Waals surface area contributed by atoms with Crippen LogP contribution < -0.4 is 5.32 Å². The molecular weight excluding hydrogens is 526 g/mol. The highest BCUT2D eigenvalue weighted by molar-refractivity contribution is 8.26. The number of thiophene rings is 1. The average molecular weight is 545 g/mol. The van der Waals surface area contributed by atoms with E-state index >= 15 is 0 Å². The van der Waals surface area contributed by atoms with E-state index in [4.69, 9.17) is 17.3 Å². The summed E-state index contributed by atoms with van der Waals surface area (Å²) in [7, 11) is 0. The zero-order valence-corrected chi connectivity index (χ0v) is 20.9. The Balaban J connectivity index is 1.34. The molecule has 3 aromatic rings. The van der Waals surface area contributed by atoms with E-state index < -0.39 is 17.6 Å². The molecule has 2 amide bonds. The molecule has 1 fully saturated rings. The molecule has 2 N–H and O–H groups in total. The lowest BCUT2D eigenvalue weighted by atomic mass is 10.1. The molecule has 1 aliphatic rings. The number of rotatable bonds is 8. The number of carbonyl (C=O) groups excluding carboxylic acids is 2. The van der Waals surface area contributed by atoms with Gasteiger partial charge in [-0.3, -0.25) is 14.5 Å². The van der Waals surface area contributed by atoms with Crippen LogP contribution in [0.3, 0.4) is 0 Å². The number of amides is 2. The number of benzene rings is 2. The Hall–Kier alpha value is -3.41. The Kier molecular flexibility index (Phi) is 7.92. The van der Waals surface area contributed by atoms with Crippen molar-refractivity contribution < 1.29 is 28.3 Å². The second kappa shape index (κ2) is 11.1. The number of thioether (sulfide) groups is 1. The van der Waals surface area contributed by atoms with Gasteiger partial charge in [-0.25, -0.2) is 13.6 Å². The highest BCUT2D eigenvalue weighted by atomic mass is 32.2. The van der Waals surface area contributed by atoms with Gasteiger partial charge in [0.15, 0.2) is 11.6 Å². The molecule has 0 unspecified atom stereocenters. The van der Waals surface area contributed by atoms with E-state index in [0.29, 0.717) is 25.9 Å². The SMILES string of the molecule is O=C(CCN1C(=O)C(=Cc2cc(-c3ccc(F)c(F)c3)cs2)SC1=S)NCc1cccc(C(=O)O)c1. The molecule has 0 atom stereocenters. The lowest BCUT2D eigenvalue weighted by Crippen LogP contribution is -2.33. The minimum Gasteiger partial charge on any atom is -0.478 e. The first-order valence-electron chi connectivity index (χ1n) is 10.6. The van der Waals surface area contributed by atoms with Gasteiger partial charge in [0.2, 0.25) is 5.91 Å². The molecule has 0 saturated carbocycles. The number of halogens is 2. The maximum atomic E-state index is 13.5.